The summed E-state index contributed by atoms with van der Waals surface area (Å²) in [5, 5.41) is 5.35. The highest BCUT2D eigenvalue weighted by molar-refractivity contribution is 5.79. The Labute approximate surface area is 142 Å². The van der Waals surface area contributed by atoms with Crippen LogP contribution in [-0.4, -0.2) is 63.3 Å². The molecule has 0 spiro atoms. The molecule has 0 heterocycles. The van der Waals surface area contributed by atoms with Gasteiger partial charge >= 0.3 is 0 Å². The molecule has 0 bridgehead atoms. The number of unbranched alkanes of at least 4 members (excludes halogenated alkanes) is 2. The summed E-state index contributed by atoms with van der Waals surface area (Å²) in [5.74, 6) is -0.760. The van der Waals surface area contributed by atoms with E-state index in [2.05, 4.69) is 10.6 Å². The zero-order chi connectivity index (χ0) is 18.2. The molecule has 3 amide bonds. The van der Waals surface area contributed by atoms with Gasteiger partial charge < -0.3 is 31.6 Å². The summed E-state index contributed by atoms with van der Waals surface area (Å²) in [4.78, 5) is 32.8. The second-order valence-electron chi connectivity index (χ2n) is 5.36. The Hall–Kier alpha value is -1.71. The minimum Gasteiger partial charge on any atom is -0.377 e. The highest BCUT2D eigenvalue weighted by Gasteiger charge is 2.07. The minimum absolute atomic E-state index is 0.0123. The Morgan fingerprint density at radius 2 is 1.67 bits per heavy atom. The molecule has 0 aliphatic heterocycles. The maximum Gasteiger partial charge on any atom is 0.245 e. The lowest BCUT2D eigenvalue weighted by Gasteiger charge is -2.08. The molecule has 140 valence electrons. The summed E-state index contributed by atoms with van der Waals surface area (Å²) < 4.78 is 10.4. The second-order valence-corrected chi connectivity index (χ2v) is 5.36. The predicted molar refractivity (Wildman–Crippen MR) is 89.0 cm³/mol. The molecular formula is C15H30N4O5. The lowest BCUT2D eigenvalue weighted by atomic mass is 10.1. The lowest BCUT2D eigenvalue weighted by Crippen LogP contribution is -2.36. The summed E-state index contributed by atoms with van der Waals surface area (Å²) in [7, 11) is 0. The van der Waals surface area contributed by atoms with E-state index >= 15 is 0 Å². The van der Waals surface area contributed by atoms with Gasteiger partial charge in [0.25, 0.3) is 0 Å². The summed E-state index contributed by atoms with van der Waals surface area (Å²) in [6, 6.07) is -0.589. The number of hydrogen-bond donors (Lipinski definition) is 4. The van der Waals surface area contributed by atoms with Crippen molar-refractivity contribution in [2.45, 2.75) is 38.6 Å². The van der Waals surface area contributed by atoms with E-state index in [-0.39, 0.29) is 18.4 Å². The first-order chi connectivity index (χ1) is 11.4. The van der Waals surface area contributed by atoms with E-state index in [4.69, 9.17) is 20.9 Å². The predicted octanol–water partition coefficient (Wildman–Crippen LogP) is -1.36. The lowest BCUT2D eigenvalue weighted by molar-refractivity contribution is -0.126. The smallest absolute Gasteiger partial charge is 0.245 e. The molecule has 1 atom stereocenters. The van der Waals surface area contributed by atoms with Gasteiger partial charge in [0.15, 0.2) is 0 Å². The highest BCUT2D eigenvalue weighted by atomic mass is 16.5. The van der Waals surface area contributed by atoms with Crippen LogP contribution in [0.1, 0.15) is 32.6 Å². The topological polar surface area (TPSA) is 146 Å². The fourth-order valence-corrected chi connectivity index (χ4v) is 1.77. The van der Waals surface area contributed by atoms with Crippen LogP contribution in [0.25, 0.3) is 0 Å². The van der Waals surface area contributed by atoms with Crippen LogP contribution >= 0.6 is 0 Å². The maximum atomic E-state index is 11.5. The molecule has 6 N–H and O–H groups in total. The molecule has 0 radical (unpaired) electrons. The fourth-order valence-electron chi connectivity index (χ4n) is 1.77. The molecule has 0 aliphatic rings. The van der Waals surface area contributed by atoms with Gasteiger partial charge in [-0.15, -0.1) is 0 Å². The number of primary amides is 1. The molecule has 0 aromatic heterocycles. The molecule has 24 heavy (non-hydrogen) atoms. The molecule has 0 aliphatic carbocycles. The molecule has 0 aromatic carbocycles. The van der Waals surface area contributed by atoms with E-state index in [9.17, 15) is 14.4 Å². The average Bonchev–Trinajstić information content (AvgIpc) is 2.52. The van der Waals surface area contributed by atoms with Gasteiger partial charge in [-0.1, -0.05) is 12.8 Å². The zero-order valence-corrected chi connectivity index (χ0v) is 14.3. The van der Waals surface area contributed by atoms with E-state index in [1.807, 2.05) is 0 Å². The van der Waals surface area contributed by atoms with Gasteiger partial charge in [-0.3, -0.25) is 14.4 Å². The molecule has 0 fully saturated rings. The van der Waals surface area contributed by atoms with Crippen LogP contribution in [0.4, 0.5) is 0 Å². The molecule has 9 nitrogen and oxygen atoms in total. The normalized spacial score (nSPS) is 11.8. The van der Waals surface area contributed by atoms with E-state index < -0.39 is 11.9 Å². The van der Waals surface area contributed by atoms with Crippen LogP contribution in [0.5, 0.6) is 0 Å². The first-order valence-electron chi connectivity index (χ1n) is 8.15. The van der Waals surface area contributed by atoms with Gasteiger partial charge in [0, 0.05) is 20.0 Å². The molecule has 0 rings (SSSR count). The second kappa shape index (κ2) is 14.9. The van der Waals surface area contributed by atoms with Crippen molar-refractivity contribution in [1.82, 2.24) is 10.6 Å². The van der Waals surface area contributed by atoms with Crippen LogP contribution in [0.15, 0.2) is 0 Å². The van der Waals surface area contributed by atoms with E-state index in [1.54, 1.807) is 0 Å². The zero-order valence-electron chi connectivity index (χ0n) is 14.3. The maximum absolute atomic E-state index is 11.5. The molecule has 0 saturated heterocycles. The van der Waals surface area contributed by atoms with Crippen LogP contribution in [0.3, 0.4) is 0 Å². The van der Waals surface area contributed by atoms with Crippen molar-refractivity contribution in [3.63, 3.8) is 0 Å². The van der Waals surface area contributed by atoms with Crippen molar-refractivity contribution in [2.24, 2.45) is 11.5 Å². The van der Waals surface area contributed by atoms with Crippen molar-refractivity contribution in [2.75, 3.05) is 39.5 Å². The summed E-state index contributed by atoms with van der Waals surface area (Å²) in [6.45, 7) is 3.54. The SMILES string of the molecule is CC(=O)NCCOCCOCC(=O)NCCCCCC(N)C(N)=O. The van der Waals surface area contributed by atoms with Crippen LogP contribution < -0.4 is 22.1 Å². The first kappa shape index (κ1) is 22.3. The third kappa shape index (κ3) is 15.2. The summed E-state index contributed by atoms with van der Waals surface area (Å²) in [5.41, 5.74) is 10.6. The number of carbonyl (C=O) groups excluding carboxylic acids is 3. The molecule has 0 saturated carbocycles. The van der Waals surface area contributed by atoms with Gasteiger partial charge in [0.2, 0.25) is 17.7 Å². The Morgan fingerprint density at radius 1 is 0.958 bits per heavy atom. The van der Waals surface area contributed by atoms with Gasteiger partial charge in [-0.25, -0.2) is 0 Å². The molecular weight excluding hydrogens is 316 g/mol. The Morgan fingerprint density at radius 3 is 2.33 bits per heavy atom. The minimum atomic E-state index is -0.589. The third-order valence-electron chi connectivity index (χ3n) is 3.11. The average molecular weight is 346 g/mol. The standard InChI is InChI=1S/C15H30N4O5/c1-12(20)18-7-8-23-9-10-24-11-14(21)19-6-4-2-3-5-13(16)15(17)22/h13H,2-11,16H2,1H3,(H2,17,22)(H,18,20)(H,19,21). The number of carbonyl (C=O) groups is 3. The van der Waals surface area contributed by atoms with Gasteiger partial charge in [-0.05, 0) is 12.8 Å². The van der Waals surface area contributed by atoms with Crippen LogP contribution in [-0.2, 0) is 23.9 Å². The fraction of sp³-hybridized carbons (Fsp3) is 0.800. The number of ether oxygens (including phenoxy) is 2. The molecule has 1 unspecified atom stereocenters. The Balaban J connectivity index is 3.30. The number of hydrogen-bond acceptors (Lipinski definition) is 6. The number of nitrogens with one attached hydrogen (secondary N) is 2. The summed E-state index contributed by atoms with van der Waals surface area (Å²) >= 11 is 0. The summed E-state index contributed by atoms with van der Waals surface area (Å²) in [6.07, 6.45) is 3.04. The van der Waals surface area contributed by atoms with Crippen LogP contribution in [0, 0.1) is 0 Å². The van der Waals surface area contributed by atoms with E-state index in [0.29, 0.717) is 39.3 Å². The van der Waals surface area contributed by atoms with Crippen molar-refractivity contribution >= 4 is 17.7 Å². The quantitative estimate of drug-likeness (QED) is 0.270. The number of rotatable bonds is 15. The number of nitrogens with two attached hydrogens (primary N) is 2. The van der Waals surface area contributed by atoms with Crippen molar-refractivity contribution in [3.05, 3.63) is 0 Å². The van der Waals surface area contributed by atoms with Crippen LogP contribution in [0.2, 0.25) is 0 Å². The Bertz CT molecular complexity index is 379. The molecule has 9 heteroatoms. The third-order valence-corrected chi connectivity index (χ3v) is 3.11. The largest absolute Gasteiger partial charge is 0.377 e. The van der Waals surface area contributed by atoms with Gasteiger partial charge in [0.1, 0.15) is 6.61 Å². The highest BCUT2D eigenvalue weighted by Crippen LogP contribution is 2.01. The van der Waals surface area contributed by atoms with E-state index in [1.165, 1.54) is 6.92 Å². The Kier molecular flexibility index (Phi) is 13.8. The number of amides is 3. The van der Waals surface area contributed by atoms with Crippen molar-refractivity contribution < 1.29 is 23.9 Å². The van der Waals surface area contributed by atoms with E-state index in [0.717, 1.165) is 19.3 Å². The van der Waals surface area contributed by atoms with Gasteiger partial charge in [-0.2, -0.15) is 0 Å². The first-order valence-corrected chi connectivity index (χ1v) is 8.15. The van der Waals surface area contributed by atoms with Crippen molar-refractivity contribution in [1.29, 1.82) is 0 Å². The van der Waals surface area contributed by atoms with Gasteiger partial charge in [0.05, 0.1) is 25.9 Å². The molecule has 0 aromatic rings. The van der Waals surface area contributed by atoms with Crippen molar-refractivity contribution in [3.8, 4) is 0 Å². The monoisotopic (exact) mass is 346 g/mol.